The number of likely N-dealkylation sites (N-methyl/N-ethyl adjacent to an activating group) is 1. The summed E-state index contributed by atoms with van der Waals surface area (Å²) in [6, 6.07) is -3.97. The number of ether oxygens (including phenoxy) is 9. The Kier molecular flexibility index (Phi) is 30.9. The third kappa shape index (κ3) is 20.8. The maximum Gasteiger partial charge on any atom is 0.335 e. The number of aliphatic hydroxyl groups is 18. The van der Waals surface area contributed by atoms with Gasteiger partial charge in [0.05, 0.1) is 38.3 Å². The second kappa shape index (κ2) is 41.8. The molecule has 3 fully saturated rings. The van der Waals surface area contributed by atoms with Crippen molar-refractivity contribution < 1.29 is 175 Å². The number of fused-ring (bicyclic) bond motifs is 12. The lowest BCUT2D eigenvalue weighted by molar-refractivity contribution is -0.277. The Morgan fingerprint density at radius 1 is 0.452 bits per heavy atom. The number of hydrogen-bond acceptors (Lipinski definition) is 34. The highest BCUT2D eigenvalue weighted by atomic mass is 35.5. The number of nitrogens with zero attached hydrogens (tertiary/aromatic N) is 7. The molecular formula is C87H91Cl5N8O35. The monoisotopic (exact) mass is 1980 g/mol. The van der Waals surface area contributed by atoms with E-state index < -0.39 is 346 Å². The number of phenolic OH excluding ortho intramolecular Hbond substituents is 4. The van der Waals surface area contributed by atoms with E-state index in [4.69, 9.17) is 101 Å². The minimum absolute atomic E-state index is 0.0959. The summed E-state index contributed by atoms with van der Waals surface area (Å²) in [6.07, 6.45) is -31.1. The van der Waals surface area contributed by atoms with E-state index >= 15 is 0 Å². The highest BCUT2D eigenvalue weighted by molar-refractivity contribution is 6.37. The Labute approximate surface area is 788 Å². The number of carboxylic acids is 2. The molecule has 0 radical (unpaired) electrons. The van der Waals surface area contributed by atoms with Crippen molar-refractivity contribution in [2.24, 2.45) is 34.9 Å². The number of carbonyl (C=O) groups is 2. The predicted octanol–water partition coefficient (Wildman–Crippen LogP) is 8.71. The zero-order valence-electron chi connectivity index (χ0n) is 70.4. The lowest BCUT2D eigenvalue weighted by Crippen LogP contribution is -2.60. The Hall–Kier alpha value is -11.2. The Balaban J connectivity index is 1.12. The fourth-order valence-corrected chi connectivity index (χ4v) is 17.5. The molecule has 0 aliphatic carbocycles. The summed E-state index contributed by atoms with van der Waals surface area (Å²) < 4.78 is 56.5. The number of benzene rings is 7. The highest BCUT2D eigenvalue weighted by Crippen LogP contribution is 2.54. The van der Waals surface area contributed by atoms with Crippen LogP contribution in [0.2, 0.25) is 25.1 Å². The Morgan fingerprint density at radius 2 is 1.01 bits per heavy atom. The number of nitrogens with one attached hydrogen (secondary N) is 1. The van der Waals surface area contributed by atoms with Crippen LogP contribution in [-0.2, 0) is 28.5 Å². The zero-order valence-corrected chi connectivity index (χ0v) is 74.2. The lowest BCUT2D eigenvalue weighted by atomic mass is 9.90. The molecule has 17 bridgehead atoms. The molecule has 48 heteroatoms. The number of unbranched alkanes of at least 4 members (excludes halogenated alkanes) is 6. The van der Waals surface area contributed by atoms with E-state index in [0.29, 0.717) is 25.0 Å². The molecule has 25 N–H and O–H groups in total. The zero-order chi connectivity index (χ0) is 97.5. The largest absolute Gasteiger partial charge is 0.508 e. The van der Waals surface area contributed by atoms with Gasteiger partial charge in [0, 0.05) is 40.8 Å². The standard InChI is InChI=1S/C87H91Cl5N8O35/c1-3-4-5-6-7-8-9-10-52(107)94-61-66(111)69(114)76(84(125)126)135-85(61)132-72-33-18-41(90)74(42(91)19-33)129-49-22-32-21-48(75(49)134-87-71(116)68(113)65(110)51(28-102)131-87)128-46-14-12-30(16-39(46)88)63(108)60-81(121)97-58(38-25-35(26-45(106)54(38)92)127-47-20-29(11-13-43(47)104)55(93-2)77(117)99-60)80(120)96-57(32)78(118)95-56-31-15-37(73(40(89)17-31)133-86-70(115)67(112)64(109)50(27-101)130-86)53-36(23-34(103)24-44(53)105)59(83(123)124)98-82(122)62(72)100-79(56)119/h11-26,50-51,55-72,76,85-87,93,101-106,108-116H,3-10,27-28H2,1-2H3,(H,94,107)(H,95,118)(H,96,120)(H,97,121)(H,98,122)(H,99,117)(H,100,119)(H,123,124)(H,125,126)/t50?,51?,55?,56-,57-,58+,59+,60-,61?,62+,63-,64?,65?,66?,67?,68?,69?,70?,71?,72-,76?,85?,86?,87?/m1/s1. The van der Waals surface area contributed by atoms with Crippen LogP contribution in [0.5, 0.6) is 69.0 Å². The van der Waals surface area contributed by atoms with Crippen molar-refractivity contribution in [1.29, 1.82) is 0 Å². The number of carboxylic acid groups (broad SMARTS) is 2. The first-order valence-corrected chi connectivity index (χ1v) is 43.6. The van der Waals surface area contributed by atoms with Crippen LogP contribution >= 0.6 is 58.0 Å². The van der Waals surface area contributed by atoms with E-state index in [0.717, 1.165) is 98.5 Å². The van der Waals surface area contributed by atoms with E-state index in [9.17, 15) is 132 Å². The SMILES string of the molecule is CCCCCCCCCC(O)=NC1C(O[C@@H]2c3cc(Cl)c(c(Cl)c3)Oc3cc4cc(c3OC3OC(CO)C(O)C(O)C3O)Oc3ccc(cc3Cl)[C@@H](O)[C@H]3N=C(O)C(NC)c5ccc(O)c(c5)Oc5cc(O)c(Cl)c(c5)[C@H](N=C3O)C(O)=N[C@H]4C(O)=N[C@H]3C(O)=N[C@@H]2C(O)=N[C@H](C(=O)O)c2cc(O)cc(O)c2-c2cc3cc(Cl)c2OC2OC(CO)C(O)C(O)C2O)OC(C(=O)O)C(O)C1O. The topological polar surface area (TPSA) is 701 Å². The first-order valence-electron chi connectivity index (χ1n) is 41.7. The molecule has 43 nitrogen and oxygen atoms in total. The van der Waals surface area contributed by atoms with Gasteiger partial charge in [0.25, 0.3) is 0 Å². The van der Waals surface area contributed by atoms with Crippen molar-refractivity contribution in [1.82, 2.24) is 5.32 Å². The van der Waals surface area contributed by atoms with Crippen LogP contribution < -0.4 is 29.0 Å². The van der Waals surface area contributed by atoms with Crippen molar-refractivity contribution in [3.8, 4) is 80.1 Å². The van der Waals surface area contributed by atoms with Gasteiger partial charge in [-0.1, -0.05) is 116 Å². The van der Waals surface area contributed by atoms with Crippen molar-refractivity contribution in [2.75, 3.05) is 20.3 Å². The lowest BCUT2D eigenvalue weighted by Gasteiger charge is -2.41. The van der Waals surface area contributed by atoms with E-state index in [1.807, 2.05) is 6.92 Å². The van der Waals surface area contributed by atoms with Gasteiger partial charge < -0.3 is 171 Å². The molecule has 0 aromatic heterocycles. The molecule has 9 aliphatic heterocycles. The fraction of sp³-hybridized carbons (Fsp3) is 0.414. The average Bonchev–Trinajstić information content (AvgIpc) is 0.749. The van der Waals surface area contributed by atoms with Gasteiger partial charge >= 0.3 is 11.9 Å². The van der Waals surface area contributed by atoms with Gasteiger partial charge in [0.2, 0.25) is 53.7 Å². The smallest absolute Gasteiger partial charge is 0.335 e. The molecule has 0 saturated carbocycles. The Bertz CT molecular complexity index is 5850. The fourth-order valence-electron chi connectivity index (χ4n) is 16.2. The molecule has 0 spiro atoms. The quantitative estimate of drug-likeness (QED) is 0.0193. The van der Waals surface area contributed by atoms with Crippen LogP contribution in [-0.4, -0.2) is 300 Å². The second-order valence-electron chi connectivity index (χ2n) is 32.3. The van der Waals surface area contributed by atoms with Gasteiger partial charge in [0.1, 0.15) is 120 Å². The number of aliphatic imine (C=N–C) groups is 7. The first-order chi connectivity index (χ1) is 64.2. The van der Waals surface area contributed by atoms with Crippen LogP contribution in [0.15, 0.2) is 132 Å². The maximum absolute atomic E-state index is 14.4. The molecule has 9 aliphatic rings. The summed E-state index contributed by atoms with van der Waals surface area (Å²) in [6.45, 7) is -0.124. The summed E-state index contributed by atoms with van der Waals surface area (Å²) >= 11 is 36.5. The molecule has 16 unspecified atom stereocenters. The summed E-state index contributed by atoms with van der Waals surface area (Å²) in [7, 11) is 1.36. The highest BCUT2D eigenvalue weighted by Gasteiger charge is 2.53. The van der Waals surface area contributed by atoms with Gasteiger partial charge in [-0.15, -0.1) is 0 Å². The molecular weight excluding hydrogens is 1890 g/mol. The van der Waals surface area contributed by atoms with Crippen molar-refractivity contribution in [3.05, 3.63) is 161 Å². The van der Waals surface area contributed by atoms with E-state index in [2.05, 4.69) is 40.3 Å². The van der Waals surface area contributed by atoms with E-state index in [-0.39, 0.29) is 24.0 Å². The second-order valence-corrected chi connectivity index (χ2v) is 34.3. The molecule has 24 atom stereocenters. The average molecular weight is 1990 g/mol. The van der Waals surface area contributed by atoms with Crippen LogP contribution in [0, 0.1) is 0 Å². The van der Waals surface area contributed by atoms with Gasteiger partial charge in [-0.25, -0.2) is 44.5 Å². The van der Waals surface area contributed by atoms with Crippen LogP contribution in [0.25, 0.3) is 11.1 Å². The minimum Gasteiger partial charge on any atom is -0.508 e. The molecule has 7 aromatic rings. The van der Waals surface area contributed by atoms with Crippen LogP contribution in [0.1, 0.15) is 140 Å². The number of hydrogen-bond donors (Lipinski definition) is 25. The molecule has 724 valence electrons. The summed E-state index contributed by atoms with van der Waals surface area (Å²) in [5.41, 5.74) is -5.36. The van der Waals surface area contributed by atoms with Gasteiger partial charge in [-0.05, 0) is 114 Å². The maximum atomic E-state index is 14.4. The van der Waals surface area contributed by atoms with Crippen LogP contribution in [0.3, 0.4) is 0 Å². The number of aliphatic hydroxyl groups excluding tert-OH is 18. The molecule has 16 rings (SSSR count). The number of aliphatic carboxylic acids is 2. The first kappa shape index (κ1) is 99.7. The predicted molar refractivity (Wildman–Crippen MR) is 477 cm³/mol. The number of aromatic hydroxyl groups is 4. The van der Waals surface area contributed by atoms with E-state index in [1.165, 1.54) is 19.2 Å². The van der Waals surface area contributed by atoms with E-state index in [1.54, 1.807) is 0 Å². The van der Waals surface area contributed by atoms with Crippen molar-refractivity contribution >= 4 is 111 Å². The number of rotatable bonds is 20. The summed E-state index contributed by atoms with van der Waals surface area (Å²) in [5, 5.41) is 285. The third-order valence-electron chi connectivity index (χ3n) is 23.2. The molecule has 3 saturated heterocycles. The normalized spacial score (nSPS) is 29.3. The number of halogens is 5. The molecule has 9 heterocycles. The van der Waals surface area contributed by atoms with Gasteiger partial charge in [-0.3, -0.25) is 0 Å². The molecule has 7 aromatic carbocycles. The third-order valence-corrected chi connectivity index (χ3v) is 24.7. The van der Waals surface area contributed by atoms with Crippen LogP contribution in [0.4, 0.5) is 0 Å². The Morgan fingerprint density at radius 3 is 1.62 bits per heavy atom. The molecule has 135 heavy (non-hydrogen) atoms. The summed E-state index contributed by atoms with van der Waals surface area (Å²) in [4.78, 5) is 58.5. The van der Waals surface area contributed by atoms with Crippen molar-refractivity contribution in [2.45, 2.75) is 205 Å². The van der Waals surface area contributed by atoms with Gasteiger partial charge in [0.15, 0.2) is 83.3 Å². The minimum atomic E-state index is -2.79. The van der Waals surface area contributed by atoms with Crippen molar-refractivity contribution in [3.63, 3.8) is 0 Å². The van der Waals surface area contributed by atoms with Gasteiger partial charge in [-0.2, -0.15) is 0 Å². The summed E-state index contributed by atoms with van der Waals surface area (Å²) in [5.74, 6) is -22.6. The number of phenols is 4. The molecule has 0 amide bonds.